The van der Waals surface area contributed by atoms with E-state index < -0.39 is 0 Å². The highest BCUT2D eigenvalue weighted by Gasteiger charge is 2.26. The molecular weight excluding hydrogens is 520 g/mol. The molecule has 0 fully saturated rings. The van der Waals surface area contributed by atoms with E-state index in [9.17, 15) is 9.59 Å². The second-order valence-corrected chi connectivity index (χ2v) is 15.6. The van der Waals surface area contributed by atoms with Gasteiger partial charge in [-0.05, 0) is 65.9 Å². The Morgan fingerprint density at radius 3 is 1.37 bits per heavy atom. The Morgan fingerprint density at radius 1 is 0.561 bits per heavy atom. The molecule has 5 unspecified atom stereocenters. The first-order valence-electron chi connectivity index (χ1n) is 17.4. The van der Waals surface area contributed by atoms with Gasteiger partial charge in [0.15, 0.2) is 11.6 Å². The molecule has 234 valence electrons. The summed E-state index contributed by atoms with van der Waals surface area (Å²) >= 11 is 1.40. The summed E-state index contributed by atoms with van der Waals surface area (Å²) in [6, 6.07) is 1.78. The second kappa shape index (κ2) is 19.9. The fourth-order valence-corrected chi connectivity index (χ4v) is 7.44. The van der Waals surface area contributed by atoms with Gasteiger partial charge in [-0.3, -0.25) is 9.59 Å². The minimum atomic E-state index is 0.00414. The molecule has 1 aromatic rings. The number of hydrogen-bond acceptors (Lipinski definition) is 3. The third-order valence-electron chi connectivity index (χ3n) is 9.69. The Balaban J connectivity index is 1.45. The quantitative estimate of drug-likeness (QED) is 0.128. The number of allylic oxidation sites excluding steroid dienone is 2. The van der Waals surface area contributed by atoms with Gasteiger partial charge < -0.3 is 0 Å². The van der Waals surface area contributed by atoms with E-state index in [2.05, 4.69) is 48.5 Å². The summed E-state index contributed by atoms with van der Waals surface area (Å²) in [7, 11) is 0. The number of fused-ring (bicyclic) bond motifs is 1. The lowest BCUT2D eigenvalue weighted by Crippen LogP contribution is -2.15. The highest BCUT2D eigenvalue weighted by molar-refractivity contribution is 7.12. The number of thiophene rings is 1. The highest BCUT2D eigenvalue weighted by atomic mass is 32.1. The Labute approximate surface area is 258 Å². The lowest BCUT2D eigenvalue weighted by atomic mass is 9.88. The first-order valence-corrected chi connectivity index (χ1v) is 18.3. The van der Waals surface area contributed by atoms with Gasteiger partial charge in [0, 0.05) is 11.1 Å². The highest BCUT2D eigenvalue weighted by Crippen LogP contribution is 2.30. The fraction of sp³-hybridized carbons (Fsp3) is 0.789. The molecule has 0 aliphatic heterocycles. The third-order valence-corrected chi connectivity index (χ3v) is 10.6. The molecule has 1 aliphatic rings. The van der Waals surface area contributed by atoms with Gasteiger partial charge in [-0.2, -0.15) is 0 Å². The van der Waals surface area contributed by atoms with Crippen molar-refractivity contribution in [2.75, 3.05) is 0 Å². The van der Waals surface area contributed by atoms with Gasteiger partial charge >= 0.3 is 0 Å². The smallest absolute Gasteiger partial charge is 0.199 e. The largest absolute Gasteiger partial charge is 0.289 e. The predicted molar refractivity (Wildman–Crippen MR) is 180 cm³/mol. The molecule has 0 saturated carbocycles. The average Bonchev–Trinajstić information content (AvgIpc) is 3.41. The molecule has 5 atom stereocenters. The van der Waals surface area contributed by atoms with Crippen LogP contribution < -0.4 is 0 Å². The van der Waals surface area contributed by atoms with E-state index in [0.29, 0.717) is 21.9 Å². The van der Waals surface area contributed by atoms with Gasteiger partial charge in [0.2, 0.25) is 0 Å². The van der Waals surface area contributed by atoms with Crippen molar-refractivity contribution >= 4 is 22.9 Å². The molecule has 0 N–H and O–H groups in total. The standard InChI is InChI=1S/C38H64O2S/c1-28(2)13-8-14-29(3)15-9-16-30(4)17-10-18-31(5)19-11-20-32(6)21-12-22-33(7)23-24-34-27-36(39)35-25-26-41-38(35)37(34)40/h25-33H,8-24H2,1-7H3. The van der Waals surface area contributed by atoms with Gasteiger partial charge in [0.25, 0.3) is 0 Å². The summed E-state index contributed by atoms with van der Waals surface area (Å²) in [5, 5.41) is 1.85. The molecule has 0 radical (unpaired) electrons. The maximum absolute atomic E-state index is 12.7. The van der Waals surface area contributed by atoms with Crippen molar-refractivity contribution in [3.05, 3.63) is 33.5 Å². The van der Waals surface area contributed by atoms with Crippen LogP contribution in [-0.4, -0.2) is 11.6 Å². The SMILES string of the molecule is CC(C)CCCC(C)CCCC(C)CCCC(C)CCCC(C)CCCC(C)CCC1=CC(=O)c2ccsc2C1=O. The molecule has 2 nitrogen and oxygen atoms in total. The zero-order valence-electron chi connectivity index (χ0n) is 27.9. The molecule has 0 aromatic carbocycles. The van der Waals surface area contributed by atoms with E-state index in [4.69, 9.17) is 0 Å². The summed E-state index contributed by atoms with van der Waals surface area (Å²) in [4.78, 5) is 25.6. The maximum Gasteiger partial charge on any atom is 0.199 e. The summed E-state index contributed by atoms with van der Waals surface area (Å²) in [6.45, 7) is 16.8. The van der Waals surface area contributed by atoms with Crippen molar-refractivity contribution < 1.29 is 9.59 Å². The van der Waals surface area contributed by atoms with Crippen LogP contribution >= 0.6 is 11.3 Å². The summed E-state index contributed by atoms with van der Waals surface area (Å²) in [6.07, 6.45) is 23.9. The fourth-order valence-electron chi connectivity index (χ4n) is 6.57. The monoisotopic (exact) mass is 584 g/mol. The van der Waals surface area contributed by atoms with Crippen LogP contribution in [0.2, 0.25) is 0 Å². The van der Waals surface area contributed by atoms with Crippen molar-refractivity contribution in [2.24, 2.45) is 35.5 Å². The predicted octanol–water partition coefficient (Wildman–Crippen LogP) is 12.5. The van der Waals surface area contributed by atoms with E-state index in [1.54, 1.807) is 12.1 Å². The molecule has 0 spiro atoms. The van der Waals surface area contributed by atoms with Crippen LogP contribution in [-0.2, 0) is 0 Å². The Hall–Kier alpha value is -1.22. The number of hydrogen-bond donors (Lipinski definition) is 0. The van der Waals surface area contributed by atoms with Gasteiger partial charge in [-0.25, -0.2) is 0 Å². The van der Waals surface area contributed by atoms with Crippen LogP contribution in [0.4, 0.5) is 0 Å². The topological polar surface area (TPSA) is 34.1 Å². The minimum Gasteiger partial charge on any atom is -0.289 e. The van der Waals surface area contributed by atoms with Crippen molar-refractivity contribution in [3.8, 4) is 0 Å². The summed E-state index contributed by atoms with van der Waals surface area (Å²) in [5.74, 6) is 5.00. The first-order chi connectivity index (χ1) is 19.6. The zero-order chi connectivity index (χ0) is 30.2. The Morgan fingerprint density at radius 2 is 0.951 bits per heavy atom. The first kappa shape index (κ1) is 36.0. The molecule has 1 aliphatic carbocycles. The van der Waals surface area contributed by atoms with Crippen LogP contribution in [0.5, 0.6) is 0 Å². The van der Waals surface area contributed by atoms with Crippen LogP contribution in [0.15, 0.2) is 23.1 Å². The normalized spacial score (nSPS) is 17.3. The van der Waals surface area contributed by atoms with Crippen molar-refractivity contribution in [1.29, 1.82) is 0 Å². The van der Waals surface area contributed by atoms with Crippen molar-refractivity contribution in [3.63, 3.8) is 0 Å². The third kappa shape index (κ3) is 14.7. The van der Waals surface area contributed by atoms with Crippen molar-refractivity contribution in [1.82, 2.24) is 0 Å². The molecule has 2 rings (SSSR count). The lowest BCUT2D eigenvalue weighted by molar-refractivity contribution is 0.0984. The van der Waals surface area contributed by atoms with Gasteiger partial charge in [0.1, 0.15) is 0 Å². The molecule has 0 amide bonds. The molecule has 1 aromatic heterocycles. The summed E-state index contributed by atoms with van der Waals surface area (Å²) in [5.41, 5.74) is 1.31. The number of carbonyl (C=O) groups is 2. The maximum atomic E-state index is 12.7. The van der Waals surface area contributed by atoms with Crippen LogP contribution in [0.1, 0.15) is 178 Å². The van der Waals surface area contributed by atoms with Crippen LogP contribution in [0, 0.1) is 35.5 Å². The molecule has 0 saturated heterocycles. The number of ketones is 2. The number of carbonyl (C=O) groups excluding carboxylic acids is 2. The molecular formula is C38H64O2S. The van der Waals surface area contributed by atoms with E-state index in [-0.39, 0.29) is 11.6 Å². The van der Waals surface area contributed by atoms with Crippen LogP contribution in [0.3, 0.4) is 0 Å². The molecule has 0 bridgehead atoms. The van der Waals surface area contributed by atoms with E-state index in [1.165, 1.54) is 108 Å². The Kier molecular flexibility index (Phi) is 17.4. The lowest BCUT2D eigenvalue weighted by Gasteiger charge is -2.18. The Bertz CT molecular complexity index is 909. The zero-order valence-corrected chi connectivity index (χ0v) is 28.8. The van der Waals surface area contributed by atoms with Crippen molar-refractivity contribution in [2.45, 2.75) is 158 Å². The second-order valence-electron chi connectivity index (χ2n) is 14.6. The molecule has 1 heterocycles. The van der Waals surface area contributed by atoms with E-state index in [1.807, 2.05) is 5.38 Å². The van der Waals surface area contributed by atoms with Gasteiger partial charge in [-0.1, -0.05) is 145 Å². The van der Waals surface area contributed by atoms with E-state index in [0.717, 1.165) is 42.4 Å². The molecule has 41 heavy (non-hydrogen) atoms. The number of Topliss-reactive ketones (excluding diaryl/α,β-unsaturated/α-hetero) is 1. The average molecular weight is 585 g/mol. The van der Waals surface area contributed by atoms with Crippen LogP contribution in [0.25, 0.3) is 0 Å². The molecule has 3 heteroatoms. The summed E-state index contributed by atoms with van der Waals surface area (Å²) < 4.78 is 0. The number of rotatable bonds is 23. The van der Waals surface area contributed by atoms with Gasteiger partial charge in [0.05, 0.1) is 4.88 Å². The van der Waals surface area contributed by atoms with Gasteiger partial charge in [-0.15, -0.1) is 11.3 Å². The minimum absolute atomic E-state index is 0.00414. The van der Waals surface area contributed by atoms with E-state index >= 15 is 0 Å².